The van der Waals surface area contributed by atoms with Gasteiger partial charge in [0.15, 0.2) is 11.4 Å². The molecule has 2 atom stereocenters. The normalized spacial score (nSPS) is 16.7. The fraction of sp³-hybridized carbons (Fsp3) is 0.576. The molecule has 0 saturated carbocycles. The molecule has 2 aromatic carbocycles. The second-order valence-electron chi connectivity index (χ2n) is 14.7. The first-order chi connectivity index (χ1) is 28.8. The molecule has 0 saturated heterocycles. The van der Waals surface area contributed by atoms with E-state index in [2.05, 4.69) is 18.0 Å². The largest absolute Gasteiger partial charge is 0.493 e. The molecule has 2 rings (SSSR count). The molecule has 372 valence electrons. The molecule has 0 fully saturated rings. The van der Waals surface area contributed by atoms with Crippen molar-refractivity contribution in [2.45, 2.75) is 106 Å². The van der Waals surface area contributed by atoms with Gasteiger partial charge in [-0.2, -0.15) is 87.1 Å². The first-order valence-electron chi connectivity index (χ1n) is 17.1. The SMILES string of the molecule is CC(C)(C)OC(F)(F)C(F)(C(F)(F)F)S(=O)(=O)ON=C(c1ccc(OCCCOc2ccc(C(=NOS(=O)(=O)C(F)(C(F)(F)F)C(F)(F)OC(C)(C)C)C(F)(F)F)cc2)cc1)C(F)(F)F. The molecule has 0 aromatic heterocycles. The highest BCUT2D eigenvalue weighted by Gasteiger charge is 2.84. The van der Waals surface area contributed by atoms with Gasteiger partial charge in [0.2, 0.25) is 0 Å². The van der Waals surface area contributed by atoms with Crippen molar-refractivity contribution in [2.24, 2.45) is 10.3 Å². The van der Waals surface area contributed by atoms with Gasteiger partial charge in [-0.25, -0.2) is 8.78 Å². The van der Waals surface area contributed by atoms with Crippen LogP contribution in [0.4, 0.5) is 79.0 Å². The predicted molar refractivity (Wildman–Crippen MR) is 185 cm³/mol. The maximum atomic E-state index is 14.9. The van der Waals surface area contributed by atoms with Crippen molar-refractivity contribution in [3.8, 4) is 11.5 Å². The average molecular weight is 1020 g/mol. The van der Waals surface area contributed by atoms with Gasteiger partial charge in [-0.15, -0.1) is 0 Å². The number of nitrogens with zero attached hydrogens (tertiary/aromatic N) is 2. The van der Waals surface area contributed by atoms with Gasteiger partial charge in [0.1, 0.15) is 11.5 Å². The Morgan fingerprint density at radius 2 is 0.723 bits per heavy atom. The first kappa shape index (κ1) is 56.7. The highest BCUT2D eigenvalue weighted by atomic mass is 32.2. The summed E-state index contributed by atoms with van der Waals surface area (Å²) in [6, 6.07) is 4.84. The van der Waals surface area contributed by atoms with Crippen molar-refractivity contribution in [3.05, 3.63) is 59.7 Å². The van der Waals surface area contributed by atoms with Gasteiger partial charge in [0.05, 0.1) is 24.4 Å². The number of rotatable bonds is 18. The molecule has 0 radical (unpaired) electrons. The molecular formula is C33H32F18N2O10S2. The summed E-state index contributed by atoms with van der Waals surface area (Å²) in [4.78, 5) is 0. The first-order valence-corrected chi connectivity index (χ1v) is 19.9. The van der Waals surface area contributed by atoms with E-state index in [0.717, 1.165) is 24.3 Å². The lowest BCUT2D eigenvalue weighted by Gasteiger charge is -2.35. The molecule has 0 bridgehead atoms. The topological polar surface area (TPSA) is 148 Å². The molecule has 0 heterocycles. The van der Waals surface area contributed by atoms with Crippen LogP contribution in [-0.4, -0.2) is 99.6 Å². The van der Waals surface area contributed by atoms with Crippen LogP contribution in [0, 0.1) is 0 Å². The second-order valence-corrected chi connectivity index (χ2v) is 17.9. The van der Waals surface area contributed by atoms with Crippen molar-refractivity contribution in [3.63, 3.8) is 0 Å². The Bertz CT molecular complexity index is 2080. The molecule has 2 unspecified atom stereocenters. The Labute approximate surface area is 355 Å². The molecule has 65 heavy (non-hydrogen) atoms. The van der Waals surface area contributed by atoms with Crippen LogP contribution in [0.1, 0.15) is 59.1 Å². The van der Waals surface area contributed by atoms with Gasteiger partial charge in [0.25, 0.3) is 0 Å². The number of oxime groups is 2. The van der Waals surface area contributed by atoms with E-state index in [-0.39, 0.29) is 31.1 Å². The van der Waals surface area contributed by atoms with Crippen molar-refractivity contribution in [1.82, 2.24) is 0 Å². The van der Waals surface area contributed by atoms with E-state index >= 15 is 0 Å². The minimum atomic E-state index is -7.49. The molecule has 0 aliphatic carbocycles. The van der Waals surface area contributed by atoms with E-state index in [1.807, 2.05) is 10.3 Å². The smallest absolute Gasteiger partial charge is 0.450 e. The Kier molecular flexibility index (Phi) is 16.3. The molecule has 0 amide bonds. The maximum Gasteiger partial charge on any atom is 0.450 e. The summed E-state index contributed by atoms with van der Waals surface area (Å²) in [7, 11) is -15.0. The quantitative estimate of drug-likeness (QED) is 0.0612. The summed E-state index contributed by atoms with van der Waals surface area (Å²) < 4.78 is 323. The summed E-state index contributed by atoms with van der Waals surface area (Å²) in [6.07, 6.45) is -38.5. The molecule has 0 N–H and O–H groups in total. The number of hydrogen-bond acceptors (Lipinski definition) is 12. The lowest BCUT2D eigenvalue weighted by Crippen LogP contribution is -2.63. The zero-order valence-corrected chi connectivity index (χ0v) is 35.0. The van der Waals surface area contributed by atoms with Crippen LogP contribution >= 0.6 is 0 Å². The second kappa shape index (κ2) is 18.7. The van der Waals surface area contributed by atoms with Crippen molar-refractivity contribution < 1.29 is 123 Å². The minimum Gasteiger partial charge on any atom is -0.493 e. The van der Waals surface area contributed by atoms with Crippen molar-refractivity contribution >= 4 is 31.7 Å². The lowest BCUT2D eigenvalue weighted by atomic mass is 10.1. The molecule has 12 nitrogen and oxygen atoms in total. The van der Waals surface area contributed by atoms with Crippen LogP contribution in [-0.2, 0) is 38.3 Å². The monoisotopic (exact) mass is 1020 g/mol. The minimum absolute atomic E-state index is 0.146. The Morgan fingerprint density at radius 3 is 0.938 bits per heavy atom. The highest BCUT2D eigenvalue weighted by molar-refractivity contribution is 7.88. The fourth-order valence-corrected chi connectivity index (χ4v) is 6.26. The van der Waals surface area contributed by atoms with Gasteiger partial charge < -0.3 is 18.9 Å². The zero-order valence-electron chi connectivity index (χ0n) is 33.3. The summed E-state index contributed by atoms with van der Waals surface area (Å²) in [5, 5.41) is -9.58. The average Bonchev–Trinajstić information content (AvgIpc) is 3.07. The van der Waals surface area contributed by atoms with Gasteiger partial charge in [0, 0.05) is 17.5 Å². The van der Waals surface area contributed by atoms with E-state index in [1.165, 1.54) is 0 Å². The highest BCUT2D eigenvalue weighted by Crippen LogP contribution is 2.53. The lowest BCUT2D eigenvalue weighted by molar-refractivity contribution is -0.376. The molecule has 2 aromatic rings. The molecule has 0 aliphatic rings. The molecular weight excluding hydrogens is 990 g/mol. The number of benzene rings is 2. The third-order valence-electron chi connectivity index (χ3n) is 7.11. The summed E-state index contributed by atoms with van der Waals surface area (Å²) in [5.41, 5.74) is -12.0. The van der Waals surface area contributed by atoms with Gasteiger partial charge in [-0.1, -0.05) is 10.3 Å². The van der Waals surface area contributed by atoms with E-state index < -0.39 is 101 Å². The maximum absolute atomic E-state index is 14.9. The fourth-order valence-electron chi connectivity index (χ4n) is 4.47. The van der Waals surface area contributed by atoms with E-state index in [0.29, 0.717) is 65.8 Å². The Morgan fingerprint density at radius 1 is 0.462 bits per heavy atom. The Balaban J connectivity index is 2.20. The van der Waals surface area contributed by atoms with Crippen molar-refractivity contribution in [2.75, 3.05) is 13.2 Å². The number of ether oxygens (including phenoxy) is 4. The van der Waals surface area contributed by atoms with Crippen molar-refractivity contribution in [1.29, 1.82) is 0 Å². The summed E-state index contributed by atoms with van der Waals surface area (Å²) in [6.45, 7) is 3.24. The number of alkyl halides is 18. The summed E-state index contributed by atoms with van der Waals surface area (Å²) >= 11 is 0. The zero-order chi connectivity index (χ0) is 50.9. The van der Waals surface area contributed by atoms with Crippen LogP contribution in [0.2, 0.25) is 0 Å². The number of hydrogen-bond donors (Lipinski definition) is 0. The third-order valence-corrected chi connectivity index (χ3v) is 9.97. The van der Waals surface area contributed by atoms with Gasteiger partial charge >= 0.3 is 67.2 Å². The Hall–Kier alpha value is -4.46. The predicted octanol–water partition coefficient (Wildman–Crippen LogP) is 10.0. The van der Waals surface area contributed by atoms with Crippen LogP contribution < -0.4 is 9.47 Å². The van der Waals surface area contributed by atoms with Crippen LogP contribution in [0.5, 0.6) is 11.5 Å². The summed E-state index contributed by atoms with van der Waals surface area (Å²) in [5.74, 6) is -0.554. The van der Waals surface area contributed by atoms with E-state index in [4.69, 9.17) is 9.47 Å². The van der Waals surface area contributed by atoms with E-state index in [1.54, 1.807) is 0 Å². The molecule has 32 heteroatoms. The van der Waals surface area contributed by atoms with Gasteiger partial charge in [-0.05, 0) is 90.1 Å². The molecule has 0 aliphatic heterocycles. The van der Waals surface area contributed by atoms with Crippen LogP contribution in [0.15, 0.2) is 58.8 Å². The number of halogens is 18. The van der Waals surface area contributed by atoms with Crippen LogP contribution in [0.3, 0.4) is 0 Å². The molecule has 0 spiro atoms. The van der Waals surface area contributed by atoms with E-state index in [9.17, 15) is 95.9 Å². The van der Waals surface area contributed by atoms with Crippen LogP contribution in [0.25, 0.3) is 0 Å². The third kappa shape index (κ3) is 13.3. The standard InChI is InChI=1S/C33H32F18N2O10S2/c1-24(2,3)60-32(48,49)28(40,30(42,43)44)64(54,55)62-52-22(26(34,35)36)18-8-12-20(13-9-18)58-16-7-17-59-21-14-10-19(11-15-21)23(27(37,38)39)53-63-65(56,57)29(41,31(45,46)47)33(50,51)61-25(4,5)6/h8-15H,7,16-17H2,1-6H3. The van der Waals surface area contributed by atoms with Gasteiger partial charge in [-0.3, -0.25) is 8.57 Å².